The predicted molar refractivity (Wildman–Crippen MR) is 72.8 cm³/mol. The summed E-state index contributed by atoms with van der Waals surface area (Å²) in [6, 6.07) is 4.04. The predicted octanol–water partition coefficient (Wildman–Crippen LogP) is 1.06. The molecule has 0 amide bonds. The molecule has 1 unspecified atom stereocenters. The molecule has 0 radical (unpaired) electrons. The fourth-order valence-electron chi connectivity index (χ4n) is 2.62. The van der Waals surface area contributed by atoms with Gasteiger partial charge >= 0.3 is 5.97 Å². The van der Waals surface area contributed by atoms with Crippen molar-refractivity contribution in [2.45, 2.75) is 25.4 Å². The van der Waals surface area contributed by atoms with Crippen LogP contribution in [0.2, 0.25) is 0 Å². The number of pyridine rings is 1. The molecule has 0 bridgehead atoms. The third-order valence-corrected chi connectivity index (χ3v) is 3.54. The molecule has 1 atom stereocenters. The van der Waals surface area contributed by atoms with Gasteiger partial charge in [0.2, 0.25) is 0 Å². The number of carbonyl (C=O) groups is 1. The second-order valence-electron chi connectivity index (χ2n) is 5.20. The van der Waals surface area contributed by atoms with Crippen molar-refractivity contribution in [1.29, 1.82) is 0 Å². The lowest BCUT2D eigenvalue weighted by molar-refractivity contribution is -0.138. The van der Waals surface area contributed by atoms with Gasteiger partial charge in [-0.3, -0.25) is 14.7 Å². The van der Waals surface area contributed by atoms with Crippen LogP contribution in [0.4, 0.5) is 0 Å². The second-order valence-corrected chi connectivity index (χ2v) is 5.20. The zero-order chi connectivity index (χ0) is 13.7. The first-order chi connectivity index (χ1) is 9.15. The number of hydrogen-bond donors (Lipinski definition) is 1. The van der Waals surface area contributed by atoms with E-state index in [1.54, 1.807) is 6.20 Å². The van der Waals surface area contributed by atoms with Gasteiger partial charge in [0.05, 0.1) is 6.42 Å². The Labute approximate surface area is 113 Å². The van der Waals surface area contributed by atoms with Crippen LogP contribution in [0.25, 0.3) is 0 Å². The molecule has 5 heteroatoms. The summed E-state index contributed by atoms with van der Waals surface area (Å²) in [5, 5.41) is 9.07. The maximum Gasteiger partial charge on any atom is 0.304 e. The van der Waals surface area contributed by atoms with E-state index in [-0.39, 0.29) is 12.5 Å². The van der Waals surface area contributed by atoms with Crippen LogP contribution in [0, 0.1) is 0 Å². The van der Waals surface area contributed by atoms with Crippen molar-refractivity contribution in [2.24, 2.45) is 0 Å². The molecule has 0 aromatic carbocycles. The zero-order valence-electron chi connectivity index (χ0n) is 11.3. The van der Waals surface area contributed by atoms with Crippen LogP contribution in [-0.2, 0) is 11.3 Å². The molecular weight excluding hydrogens is 242 g/mol. The fourth-order valence-corrected chi connectivity index (χ4v) is 2.62. The van der Waals surface area contributed by atoms with Gasteiger partial charge in [-0.05, 0) is 31.6 Å². The van der Waals surface area contributed by atoms with Crippen molar-refractivity contribution < 1.29 is 9.90 Å². The molecule has 0 aliphatic carbocycles. The lowest BCUT2D eigenvalue weighted by Gasteiger charge is -2.29. The highest BCUT2D eigenvalue weighted by molar-refractivity contribution is 5.67. The second kappa shape index (κ2) is 6.63. The third kappa shape index (κ3) is 4.29. The Balaban J connectivity index is 2.07. The number of carboxylic acid groups (broad SMARTS) is 1. The molecule has 1 aromatic rings. The first-order valence-corrected chi connectivity index (χ1v) is 6.68. The summed E-state index contributed by atoms with van der Waals surface area (Å²) in [5.41, 5.74) is 1.14. The molecule has 19 heavy (non-hydrogen) atoms. The normalized spacial score (nSPS) is 22.1. The van der Waals surface area contributed by atoms with Gasteiger partial charge in [0.15, 0.2) is 0 Å². The number of rotatable bonds is 4. The molecule has 2 heterocycles. The van der Waals surface area contributed by atoms with E-state index in [4.69, 9.17) is 5.11 Å². The van der Waals surface area contributed by atoms with Gasteiger partial charge < -0.3 is 10.0 Å². The standard InChI is InChI=1S/C14H21N3O2/c1-16-6-3-7-17(13(11-16)8-14(18)19)10-12-4-2-5-15-9-12/h2,4-5,9,13H,3,6-8,10-11H2,1H3,(H,18,19). The van der Waals surface area contributed by atoms with Crippen LogP contribution in [0.5, 0.6) is 0 Å². The molecule has 0 spiro atoms. The van der Waals surface area contributed by atoms with Gasteiger partial charge in [-0.25, -0.2) is 0 Å². The van der Waals surface area contributed by atoms with Gasteiger partial charge in [0.25, 0.3) is 0 Å². The smallest absolute Gasteiger partial charge is 0.304 e. The molecular formula is C14H21N3O2. The summed E-state index contributed by atoms with van der Waals surface area (Å²) in [7, 11) is 2.06. The fraction of sp³-hybridized carbons (Fsp3) is 0.571. The molecule has 1 aromatic heterocycles. The Hall–Kier alpha value is -1.46. The van der Waals surface area contributed by atoms with Crippen molar-refractivity contribution >= 4 is 5.97 Å². The molecule has 2 rings (SSSR count). The SMILES string of the molecule is CN1CCCN(Cc2cccnc2)C(CC(=O)O)C1. The Morgan fingerprint density at radius 2 is 2.37 bits per heavy atom. The molecule has 104 valence electrons. The lowest BCUT2D eigenvalue weighted by atomic mass is 10.1. The Kier molecular flexibility index (Phi) is 4.87. The van der Waals surface area contributed by atoms with Crippen LogP contribution in [0.1, 0.15) is 18.4 Å². The van der Waals surface area contributed by atoms with Crippen LogP contribution < -0.4 is 0 Å². The van der Waals surface area contributed by atoms with Gasteiger partial charge in [0.1, 0.15) is 0 Å². The minimum Gasteiger partial charge on any atom is -0.481 e. The van der Waals surface area contributed by atoms with Crippen molar-refractivity contribution in [3.05, 3.63) is 30.1 Å². The van der Waals surface area contributed by atoms with E-state index >= 15 is 0 Å². The topological polar surface area (TPSA) is 56.7 Å². The molecule has 1 saturated heterocycles. The molecule has 1 aliphatic rings. The first kappa shape index (κ1) is 14.0. The highest BCUT2D eigenvalue weighted by atomic mass is 16.4. The Morgan fingerprint density at radius 1 is 1.53 bits per heavy atom. The third-order valence-electron chi connectivity index (χ3n) is 3.54. The van der Waals surface area contributed by atoms with E-state index in [2.05, 4.69) is 21.8 Å². The van der Waals surface area contributed by atoms with E-state index in [1.165, 1.54) is 0 Å². The van der Waals surface area contributed by atoms with Gasteiger partial charge in [-0.2, -0.15) is 0 Å². The van der Waals surface area contributed by atoms with Gasteiger partial charge in [-0.1, -0.05) is 6.07 Å². The number of aromatic nitrogens is 1. The van der Waals surface area contributed by atoms with E-state index in [0.29, 0.717) is 0 Å². The highest BCUT2D eigenvalue weighted by Crippen LogP contribution is 2.15. The summed E-state index contributed by atoms with van der Waals surface area (Å²) in [6.07, 6.45) is 4.89. The van der Waals surface area contributed by atoms with Crippen LogP contribution in [-0.4, -0.2) is 58.6 Å². The Morgan fingerprint density at radius 3 is 3.05 bits per heavy atom. The van der Waals surface area contributed by atoms with Crippen LogP contribution >= 0.6 is 0 Å². The van der Waals surface area contributed by atoms with Crippen molar-refractivity contribution in [2.75, 3.05) is 26.7 Å². The van der Waals surface area contributed by atoms with E-state index in [0.717, 1.165) is 38.2 Å². The summed E-state index contributed by atoms with van der Waals surface area (Å²) in [6.45, 7) is 3.56. The minimum absolute atomic E-state index is 0.0743. The quantitative estimate of drug-likeness (QED) is 0.880. The van der Waals surface area contributed by atoms with Crippen LogP contribution in [0.15, 0.2) is 24.5 Å². The molecule has 1 N–H and O–H groups in total. The summed E-state index contributed by atoms with van der Waals surface area (Å²) < 4.78 is 0. The number of likely N-dealkylation sites (N-methyl/N-ethyl adjacent to an activating group) is 1. The number of carboxylic acids is 1. The van der Waals surface area contributed by atoms with Crippen molar-refractivity contribution in [3.8, 4) is 0 Å². The summed E-state index contributed by atoms with van der Waals surface area (Å²) in [4.78, 5) is 19.6. The number of aliphatic carboxylic acids is 1. The molecule has 5 nitrogen and oxygen atoms in total. The largest absolute Gasteiger partial charge is 0.481 e. The number of nitrogens with zero attached hydrogens (tertiary/aromatic N) is 3. The maximum atomic E-state index is 11.0. The molecule has 1 aliphatic heterocycles. The zero-order valence-corrected chi connectivity index (χ0v) is 11.3. The molecule has 1 fully saturated rings. The average Bonchev–Trinajstić information content (AvgIpc) is 2.52. The monoisotopic (exact) mass is 263 g/mol. The maximum absolute atomic E-state index is 11.0. The van der Waals surface area contributed by atoms with E-state index in [9.17, 15) is 4.79 Å². The van der Waals surface area contributed by atoms with Gasteiger partial charge in [-0.15, -0.1) is 0 Å². The van der Waals surface area contributed by atoms with E-state index < -0.39 is 5.97 Å². The average molecular weight is 263 g/mol. The summed E-state index contributed by atoms with van der Waals surface area (Å²) in [5.74, 6) is -0.725. The first-order valence-electron chi connectivity index (χ1n) is 6.68. The minimum atomic E-state index is -0.725. The van der Waals surface area contributed by atoms with E-state index in [1.807, 2.05) is 18.3 Å². The highest BCUT2D eigenvalue weighted by Gasteiger charge is 2.25. The lowest BCUT2D eigenvalue weighted by Crippen LogP contribution is -2.41. The van der Waals surface area contributed by atoms with Crippen molar-refractivity contribution in [1.82, 2.24) is 14.8 Å². The van der Waals surface area contributed by atoms with Crippen LogP contribution in [0.3, 0.4) is 0 Å². The number of hydrogen-bond acceptors (Lipinski definition) is 4. The Bertz CT molecular complexity index is 410. The summed E-state index contributed by atoms with van der Waals surface area (Å²) >= 11 is 0. The van der Waals surface area contributed by atoms with Crippen molar-refractivity contribution in [3.63, 3.8) is 0 Å². The van der Waals surface area contributed by atoms with Gasteiger partial charge in [0, 0.05) is 38.1 Å². The molecule has 0 saturated carbocycles.